The van der Waals surface area contributed by atoms with Crippen molar-refractivity contribution in [1.82, 2.24) is 14.8 Å². The van der Waals surface area contributed by atoms with Crippen LogP contribution in [-0.2, 0) is 6.54 Å². The Bertz CT molecular complexity index is 685. The van der Waals surface area contributed by atoms with Crippen molar-refractivity contribution >= 4 is 0 Å². The first kappa shape index (κ1) is 17.1. The average molecular weight is 323 g/mol. The summed E-state index contributed by atoms with van der Waals surface area (Å²) in [5.41, 5.74) is 6.46. The topological polar surface area (TPSA) is 19.4 Å². The van der Waals surface area contributed by atoms with Gasteiger partial charge in [0.25, 0.3) is 0 Å². The van der Waals surface area contributed by atoms with E-state index in [1.807, 2.05) is 12.4 Å². The molecule has 0 radical (unpaired) electrons. The Balaban J connectivity index is 1.67. The zero-order valence-corrected chi connectivity index (χ0v) is 15.4. The molecule has 0 spiro atoms. The summed E-state index contributed by atoms with van der Waals surface area (Å²) >= 11 is 0. The van der Waals surface area contributed by atoms with E-state index in [0.717, 1.165) is 6.54 Å². The van der Waals surface area contributed by atoms with E-state index in [1.165, 1.54) is 54.0 Å². The zero-order valence-electron chi connectivity index (χ0n) is 15.4. The Morgan fingerprint density at radius 1 is 1.00 bits per heavy atom. The standard InChI is InChI=1S/C21H29N3/c1-16(2)24-9-7-23(8-10-24)15-19-5-6-21(18(4)12-19)20-11-17(3)13-22-14-20/h5-6,11-14,16H,7-10,15H2,1-4H3. The van der Waals surface area contributed by atoms with Crippen LogP contribution in [0.5, 0.6) is 0 Å². The van der Waals surface area contributed by atoms with Crippen molar-refractivity contribution in [3.05, 3.63) is 53.3 Å². The van der Waals surface area contributed by atoms with Crippen molar-refractivity contribution in [2.75, 3.05) is 26.2 Å². The molecule has 0 saturated carbocycles. The first-order valence-electron chi connectivity index (χ1n) is 9.01. The Morgan fingerprint density at radius 3 is 2.38 bits per heavy atom. The van der Waals surface area contributed by atoms with E-state index in [-0.39, 0.29) is 0 Å². The molecule has 0 aliphatic carbocycles. The molecular formula is C21H29N3. The van der Waals surface area contributed by atoms with Crippen LogP contribution in [-0.4, -0.2) is 47.0 Å². The van der Waals surface area contributed by atoms with E-state index in [4.69, 9.17) is 0 Å². The lowest BCUT2D eigenvalue weighted by molar-refractivity contribution is 0.104. The molecule has 0 atom stereocenters. The molecule has 0 N–H and O–H groups in total. The van der Waals surface area contributed by atoms with Gasteiger partial charge in [-0.25, -0.2) is 0 Å². The SMILES string of the molecule is Cc1cncc(-c2ccc(CN3CCN(C(C)C)CC3)cc2C)c1. The summed E-state index contributed by atoms with van der Waals surface area (Å²) in [6.45, 7) is 14.6. The fourth-order valence-electron chi connectivity index (χ4n) is 3.55. The summed E-state index contributed by atoms with van der Waals surface area (Å²) in [6, 6.07) is 9.74. The van der Waals surface area contributed by atoms with Crippen molar-refractivity contribution in [2.45, 2.75) is 40.3 Å². The normalized spacial score (nSPS) is 16.7. The molecule has 0 amide bonds. The third-order valence-corrected chi connectivity index (χ3v) is 5.02. The largest absolute Gasteiger partial charge is 0.298 e. The Kier molecular flexibility index (Phi) is 5.32. The van der Waals surface area contributed by atoms with E-state index in [0.29, 0.717) is 6.04 Å². The molecule has 3 rings (SSSR count). The van der Waals surface area contributed by atoms with Crippen LogP contribution in [0.15, 0.2) is 36.7 Å². The van der Waals surface area contributed by atoms with Gasteiger partial charge in [-0.2, -0.15) is 0 Å². The molecule has 2 heterocycles. The highest BCUT2D eigenvalue weighted by molar-refractivity contribution is 5.67. The van der Waals surface area contributed by atoms with Gasteiger partial charge in [0.2, 0.25) is 0 Å². The van der Waals surface area contributed by atoms with Crippen LogP contribution in [0.4, 0.5) is 0 Å². The maximum absolute atomic E-state index is 4.33. The van der Waals surface area contributed by atoms with Crippen molar-refractivity contribution in [1.29, 1.82) is 0 Å². The number of aryl methyl sites for hydroxylation is 2. The monoisotopic (exact) mass is 323 g/mol. The zero-order chi connectivity index (χ0) is 17.1. The second-order valence-electron chi connectivity index (χ2n) is 7.31. The van der Waals surface area contributed by atoms with Crippen molar-refractivity contribution in [2.24, 2.45) is 0 Å². The lowest BCUT2D eigenvalue weighted by Gasteiger charge is -2.37. The van der Waals surface area contributed by atoms with E-state index in [2.05, 4.69) is 66.7 Å². The van der Waals surface area contributed by atoms with E-state index in [9.17, 15) is 0 Å². The number of hydrogen-bond donors (Lipinski definition) is 0. The molecule has 1 saturated heterocycles. The lowest BCUT2D eigenvalue weighted by atomic mass is 9.98. The summed E-state index contributed by atoms with van der Waals surface area (Å²) in [5, 5.41) is 0. The fourth-order valence-corrected chi connectivity index (χ4v) is 3.55. The summed E-state index contributed by atoms with van der Waals surface area (Å²) in [5.74, 6) is 0. The fraction of sp³-hybridized carbons (Fsp3) is 0.476. The second-order valence-corrected chi connectivity index (χ2v) is 7.31. The maximum Gasteiger partial charge on any atom is 0.0346 e. The molecule has 1 aromatic carbocycles. The minimum Gasteiger partial charge on any atom is -0.298 e. The Hall–Kier alpha value is -1.71. The van der Waals surface area contributed by atoms with Crippen LogP contribution in [0.1, 0.15) is 30.5 Å². The Morgan fingerprint density at radius 2 is 1.75 bits per heavy atom. The van der Waals surface area contributed by atoms with Crippen LogP contribution in [0.3, 0.4) is 0 Å². The average Bonchev–Trinajstić information content (AvgIpc) is 2.55. The van der Waals surface area contributed by atoms with Crippen LogP contribution < -0.4 is 0 Å². The third kappa shape index (κ3) is 4.03. The van der Waals surface area contributed by atoms with Crippen LogP contribution in [0, 0.1) is 13.8 Å². The molecule has 1 aliphatic rings. The smallest absolute Gasteiger partial charge is 0.0346 e. The molecule has 2 aromatic rings. The van der Waals surface area contributed by atoms with Crippen molar-refractivity contribution in [3.8, 4) is 11.1 Å². The summed E-state index contributed by atoms with van der Waals surface area (Å²) in [4.78, 5) is 9.46. The molecule has 0 unspecified atom stereocenters. The number of pyridine rings is 1. The molecule has 1 fully saturated rings. The number of nitrogens with zero attached hydrogens (tertiary/aromatic N) is 3. The number of benzene rings is 1. The number of piperazine rings is 1. The van der Waals surface area contributed by atoms with Crippen molar-refractivity contribution in [3.63, 3.8) is 0 Å². The minimum absolute atomic E-state index is 0.664. The molecule has 1 aliphatic heterocycles. The van der Waals surface area contributed by atoms with E-state index < -0.39 is 0 Å². The Labute approximate surface area is 146 Å². The van der Waals surface area contributed by atoms with Gasteiger partial charge in [0, 0.05) is 56.7 Å². The molecule has 3 nitrogen and oxygen atoms in total. The second kappa shape index (κ2) is 7.45. The minimum atomic E-state index is 0.664. The van der Waals surface area contributed by atoms with Crippen LogP contribution in [0.25, 0.3) is 11.1 Å². The molecule has 1 aromatic heterocycles. The highest BCUT2D eigenvalue weighted by atomic mass is 15.3. The van der Waals surface area contributed by atoms with Crippen molar-refractivity contribution < 1.29 is 0 Å². The number of hydrogen-bond acceptors (Lipinski definition) is 3. The summed E-state index contributed by atoms with van der Waals surface area (Å²) < 4.78 is 0. The maximum atomic E-state index is 4.33. The molecule has 0 bridgehead atoms. The van der Waals surface area contributed by atoms with Gasteiger partial charge in [-0.05, 0) is 56.0 Å². The number of rotatable bonds is 4. The number of aromatic nitrogens is 1. The predicted octanol–water partition coefficient (Wildman–Crippen LogP) is 3.89. The predicted molar refractivity (Wildman–Crippen MR) is 101 cm³/mol. The first-order chi connectivity index (χ1) is 11.5. The van der Waals surface area contributed by atoms with Crippen LogP contribution >= 0.6 is 0 Å². The van der Waals surface area contributed by atoms with Crippen LogP contribution in [0.2, 0.25) is 0 Å². The third-order valence-electron chi connectivity index (χ3n) is 5.02. The van der Waals surface area contributed by atoms with Gasteiger partial charge in [-0.1, -0.05) is 18.2 Å². The van der Waals surface area contributed by atoms with Gasteiger partial charge < -0.3 is 0 Å². The quantitative estimate of drug-likeness (QED) is 0.851. The molecular weight excluding hydrogens is 294 g/mol. The first-order valence-corrected chi connectivity index (χ1v) is 9.01. The highest BCUT2D eigenvalue weighted by Gasteiger charge is 2.18. The van der Waals surface area contributed by atoms with E-state index >= 15 is 0 Å². The van der Waals surface area contributed by atoms with Gasteiger partial charge in [-0.3, -0.25) is 14.8 Å². The van der Waals surface area contributed by atoms with E-state index in [1.54, 1.807) is 0 Å². The van der Waals surface area contributed by atoms with Gasteiger partial charge in [0.15, 0.2) is 0 Å². The highest BCUT2D eigenvalue weighted by Crippen LogP contribution is 2.25. The summed E-state index contributed by atoms with van der Waals surface area (Å²) in [6.07, 6.45) is 3.87. The van der Waals surface area contributed by atoms with Gasteiger partial charge in [-0.15, -0.1) is 0 Å². The van der Waals surface area contributed by atoms with Gasteiger partial charge in [0.05, 0.1) is 0 Å². The molecule has 128 valence electrons. The lowest BCUT2D eigenvalue weighted by Crippen LogP contribution is -2.48. The molecule has 24 heavy (non-hydrogen) atoms. The van der Waals surface area contributed by atoms with Gasteiger partial charge >= 0.3 is 0 Å². The molecule has 3 heteroatoms. The summed E-state index contributed by atoms with van der Waals surface area (Å²) in [7, 11) is 0. The van der Waals surface area contributed by atoms with Gasteiger partial charge in [0.1, 0.15) is 0 Å².